The predicted octanol–water partition coefficient (Wildman–Crippen LogP) is 2.09. The highest BCUT2D eigenvalue weighted by molar-refractivity contribution is 5.76. The summed E-state index contributed by atoms with van der Waals surface area (Å²) in [7, 11) is 0. The minimum Gasteiger partial charge on any atom is -0.459 e. The number of ether oxygens (including phenoxy) is 1. The molecule has 0 heterocycles. The third kappa shape index (κ3) is 5.36. The minimum atomic E-state index is -0.776. The average molecular weight is 280 g/mol. The molecule has 1 rings (SSSR count). The lowest BCUT2D eigenvalue weighted by Gasteiger charge is -2.22. The maximum absolute atomic E-state index is 11.8. The second-order valence-corrected chi connectivity index (χ2v) is 5.58. The molecule has 20 heavy (non-hydrogen) atoms. The van der Waals surface area contributed by atoms with Crippen LogP contribution in [0.1, 0.15) is 33.6 Å². The smallest absolute Gasteiger partial charge is 0.323 e. The lowest BCUT2D eigenvalue weighted by molar-refractivity contribution is -0.419. The standard InChI is InChI=1S/C14H20N2O4/c1-14(2,3)20-13(17)12(15)9-10-5-4-6-11(8-7-10)16(18)19/h5-8,12H,4,9,15H2,1-3H3. The van der Waals surface area contributed by atoms with E-state index in [9.17, 15) is 14.9 Å². The SMILES string of the molecule is CC(C)(C)OC(=O)C(N)CC1=CCC=C([N+](=O)[O-])C=C1. The second kappa shape index (κ2) is 6.47. The summed E-state index contributed by atoms with van der Waals surface area (Å²) in [6.07, 6.45) is 7.11. The van der Waals surface area contributed by atoms with E-state index >= 15 is 0 Å². The molecule has 0 saturated heterocycles. The molecule has 1 aliphatic carbocycles. The molecule has 0 saturated carbocycles. The number of nitro groups is 1. The first-order valence-corrected chi connectivity index (χ1v) is 6.39. The Labute approximate surface area is 118 Å². The first-order chi connectivity index (χ1) is 9.19. The number of nitrogens with two attached hydrogens (primary N) is 1. The molecule has 0 aromatic carbocycles. The summed E-state index contributed by atoms with van der Waals surface area (Å²) in [5.41, 5.74) is 6.05. The topological polar surface area (TPSA) is 95.5 Å². The summed E-state index contributed by atoms with van der Waals surface area (Å²) in [6, 6.07) is -0.776. The number of esters is 1. The van der Waals surface area contributed by atoms with Crippen LogP contribution in [0.25, 0.3) is 0 Å². The van der Waals surface area contributed by atoms with Crippen LogP contribution in [-0.4, -0.2) is 22.5 Å². The van der Waals surface area contributed by atoms with E-state index < -0.39 is 22.5 Å². The molecule has 0 spiro atoms. The van der Waals surface area contributed by atoms with E-state index in [1.807, 2.05) is 6.08 Å². The van der Waals surface area contributed by atoms with Crippen molar-refractivity contribution < 1.29 is 14.5 Å². The summed E-state index contributed by atoms with van der Waals surface area (Å²) >= 11 is 0. The van der Waals surface area contributed by atoms with E-state index in [-0.39, 0.29) is 5.70 Å². The molecule has 1 aliphatic rings. The Morgan fingerprint density at radius 1 is 1.45 bits per heavy atom. The van der Waals surface area contributed by atoms with Gasteiger partial charge in [-0.2, -0.15) is 0 Å². The molecule has 2 N–H and O–H groups in total. The van der Waals surface area contributed by atoms with E-state index in [2.05, 4.69) is 0 Å². The Bertz CT molecular complexity index is 484. The third-order valence-corrected chi connectivity index (χ3v) is 2.55. The summed E-state index contributed by atoms with van der Waals surface area (Å²) < 4.78 is 5.20. The molecule has 0 fully saturated rings. The number of allylic oxidation sites excluding steroid dienone is 4. The molecule has 110 valence electrons. The van der Waals surface area contributed by atoms with Gasteiger partial charge < -0.3 is 10.5 Å². The van der Waals surface area contributed by atoms with E-state index in [4.69, 9.17) is 10.5 Å². The predicted molar refractivity (Wildman–Crippen MR) is 75.4 cm³/mol. The van der Waals surface area contributed by atoms with Gasteiger partial charge in [0.15, 0.2) is 0 Å². The first kappa shape index (κ1) is 16.1. The van der Waals surface area contributed by atoms with Gasteiger partial charge in [-0.15, -0.1) is 0 Å². The Balaban J connectivity index is 2.62. The molecule has 6 heteroatoms. The molecular weight excluding hydrogens is 260 g/mol. The van der Waals surface area contributed by atoms with Crippen molar-refractivity contribution in [3.8, 4) is 0 Å². The van der Waals surface area contributed by atoms with Gasteiger partial charge in [-0.05, 0) is 45.3 Å². The summed E-state index contributed by atoms with van der Waals surface area (Å²) in [6.45, 7) is 5.32. The monoisotopic (exact) mass is 280 g/mol. The Morgan fingerprint density at radius 2 is 2.10 bits per heavy atom. The van der Waals surface area contributed by atoms with Crippen LogP contribution in [0.5, 0.6) is 0 Å². The Kier molecular flexibility index (Phi) is 5.21. The summed E-state index contributed by atoms with van der Waals surface area (Å²) in [4.78, 5) is 22.0. The maximum atomic E-state index is 11.8. The van der Waals surface area contributed by atoms with Gasteiger partial charge in [0.05, 0.1) is 4.92 Å². The van der Waals surface area contributed by atoms with Gasteiger partial charge in [0.25, 0.3) is 5.70 Å². The van der Waals surface area contributed by atoms with Crippen molar-refractivity contribution in [1.82, 2.24) is 0 Å². The van der Waals surface area contributed by atoms with Crippen LogP contribution in [-0.2, 0) is 9.53 Å². The Morgan fingerprint density at radius 3 is 2.65 bits per heavy atom. The zero-order chi connectivity index (χ0) is 15.3. The fourth-order valence-electron chi connectivity index (χ4n) is 1.66. The van der Waals surface area contributed by atoms with Gasteiger partial charge in [-0.3, -0.25) is 14.9 Å². The molecule has 0 radical (unpaired) electrons. The second-order valence-electron chi connectivity index (χ2n) is 5.58. The lowest BCUT2D eigenvalue weighted by Crippen LogP contribution is -2.37. The van der Waals surface area contributed by atoms with Gasteiger partial charge in [0, 0.05) is 6.08 Å². The van der Waals surface area contributed by atoms with Gasteiger partial charge in [0.1, 0.15) is 11.6 Å². The number of hydrogen-bond donors (Lipinski definition) is 1. The average Bonchev–Trinajstić information content (AvgIpc) is 2.52. The third-order valence-electron chi connectivity index (χ3n) is 2.55. The zero-order valence-electron chi connectivity index (χ0n) is 12.0. The molecule has 1 atom stereocenters. The van der Waals surface area contributed by atoms with Crippen LogP contribution in [0.3, 0.4) is 0 Å². The van der Waals surface area contributed by atoms with Crippen LogP contribution < -0.4 is 5.73 Å². The number of carbonyl (C=O) groups is 1. The highest BCUT2D eigenvalue weighted by atomic mass is 16.6. The maximum Gasteiger partial charge on any atom is 0.323 e. The van der Waals surface area contributed by atoms with Crippen molar-refractivity contribution in [2.75, 3.05) is 0 Å². The molecular formula is C14H20N2O4. The number of nitrogens with zero attached hydrogens (tertiary/aromatic N) is 1. The molecule has 0 aromatic heterocycles. The molecule has 6 nitrogen and oxygen atoms in total. The van der Waals surface area contributed by atoms with Gasteiger partial charge >= 0.3 is 5.97 Å². The highest BCUT2D eigenvalue weighted by Gasteiger charge is 2.22. The van der Waals surface area contributed by atoms with Gasteiger partial charge in [0.2, 0.25) is 0 Å². The normalized spacial score (nSPS) is 16.8. The van der Waals surface area contributed by atoms with Crippen molar-refractivity contribution >= 4 is 5.97 Å². The quantitative estimate of drug-likeness (QED) is 0.483. The number of rotatable bonds is 4. The van der Waals surface area contributed by atoms with E-state index in [1.165, 1.54) is 12.2 Å². The molecule has 0 aliphatic heterocycles. The van der Waals surface area contributed by atoms with Crippen LogP contribution >= 0.6 is 0 Å². The largest absolute Gasteiger partial charge is 0.459 e. The van der Waals surface area contributed by atoms with E-state index in [1.54, 1.807) is 26.8 Å². The molecule has 0 aromatic rings. The van der Waals surface area contributed by atoms with Crippen LogP contribution in [0.4, 0.5) is 0 Å². The van der Waals surface area contributed by atoms with E-state index in [0.29, 0.717) is 12.8 Å². The van der Waals surface area contributed by atoms with Crippen molar-refractivity contribution in [3.05, 3.63) is 45.7 Å². The summed E-state index contributed by atoms with van der Waals surface area (Å²) in [5, 5.41) is 10.7. The fraction of sp³-hybridized carbons (Fsp3) is 0.500. The number of carbonyl (C=O) groups excluding carboxylic acids is 1. The molecule has 0 bridgehead atoms. The lowest BCUT2D eigenvalue weighted by atomic mass is 10.1. The highest BCUT2D eigenvalue weighted by Crippen LogP contribution is 2.16. The van der Waals surface area contributed by atoms with Crippen LogP contribution in [0, 0.1) is 10.1 Å². The van der Waals surface area contributed by atoms with Gasteiger partial charge in [-0.1, -0.05) is 12.2 Å². The number of hydrogen-bond acceptors (Lipinski definition) is 5. The molecule has 1 unspecified atom stereocenters. The van der Waals surface area contributed by atoms with Crippen LogP contribution in [0.2, 0.25) is 0 Å². The fourth-order valence-corrected chi connectivity index (χ4v) is 1.66. The van der Waals surface area contributed by atoms with Crippen molar-refractivity contribution in [3.63, 3.8) is 0 Å². The molecule has 0 amide bonds. The zero-order valence-corrected chi connectivity index (χ0v) is 12.0. The van der Waals surface area contributed by atoms with Crippen molar-refractivity contribution in [2.24, 2.45) is 5.73 Å². The van der Waals surface area contributed by atoms with Gasteiger partial charge in [-0.25, -0.2) is 0 Å². The van der Waals surface area contributed by atoms with Crippen LogP contribution in [0.15, 0.2) is 35.6 Å². The first-order valence-electron chi connectivity index (χ1n) is 6.39. The Hall–Kier alpha value is -1.95. The van der Waals surface area contributed by atoms with Crippen molar-refractivity contribution in [2.45, 2.75) is 45.3 Å². The minimum absolute atomic E-state index is 0.0436. The van der Waals surface area contributed by atoms with Crippen molar-refractivity contribution in [1.29, 1.82) is 0 Å². The van der Waals surface area contributed by atoms with E-state index in [0.717, 1.165) is 5.57 Å². The summed E-state index contributed by atoms with van der Waals surface area (Å²) in [5.74, 6) is -0.474.